The lowest BCUT2D eigenvalue weighted by Crippen LogP contribution is -2.14. The third-order valence-corrected chi connectivity index (χ3v) is 4.64. The lowest BCUT2D eigenvalue weighted by atomic mass is 9.83. The highest BCUT2D eigenvalue weighted by Crippen LogP contribution is 2.37. The summed E-state index contributed by atoms with van der Waals surface area (Å²) in [7, 11) is 0. The van der Waals surface area contributed by atoms with Gasteiger partial charge in [0, 0.05) is 5.39 Å². The molecular weight excluding hydrogens is 246 g/mol. The van der Waals surface area contributed by atoms with Crippen molar-refractivity contribution in [3.8, 4) is 0 Å². The molecule has 1 fully saturated rings. The van der Waals surface area contributed by atoms with Crippen molar-refractivity contribution >= 4 is 16.7 Å². The Morgan fingerprint density at radius 3 is 2.45 bits per heavy atom. The average molecular weight is 269 g/mol. The maximum absolute atomic E-state index is 5.70. The van der Waals surface area contributed by atoms with Gasteiger partial charge in [-0.3, -0.25) is 0 Å². The van der Waals surface area contributed by atoms with E-state index >= 15 is 0 Å². The first kappa shape index (κ1) is 13.4. The quantitative estimate of drug-likeness (QED) is 0.635. The van der Waals surface area contributed by atoms with Crippen LogP contribution >= 0.6 is 0 Å². The van der Waals surface area contributed by atoms with Crippen molar-refractivity contribution < 1.29 is 0 Å². The van der Waals surface area contributed by atoms with E-state index in [0.717, 1.165) is 11.3 Å². The smallest absolute Gasteiger partial charge is 0.144 e. The van der Waals surface area contributed by atoms with Crippen molar-refractivity contribution in [3.63, 3.8) is 0 Å². The Hall–Kier alpha value is -1.61. The van der Waals surface area contributed by atoms with E-state index in [1.807, 2.05) is 0 Å². The molecule has 1 aliphatic carbocycles. The number of benzene rings is 1. The van der Waals surface area contributed by atoms with Crippen molar-refractivity contribution in [3.05, 3.63) is 34.9 Å². The lowest BCUT2D eigenvalue weighted by molar-refractivity contribution is 0.444. The van der Waals surface area contributed by atoms with Gasteiger partial charge in [0.05, 0.1) is 5.52 Å². The topological polar surface area (TPSA) is 50.9 Å². The molecule has 0 saturated heterocycles. The molecule has 1 aromatic carbocycles. The van der Waals surface area contributed by atoms with Crippen LogP contribution in [0.1, 0.15) is 54.7 Å². The van der Waals surface area contributed by atoms with Gasteiger partial charge in [-0.15, -0.1) is 0 Å². The van der Waals surface area contributed by atoms with Crippen LogP contribution in [-0.4, -0.2) is 4.98 Å². The molecule has 1 aromatic heterocycles. The van der Waals surface area contributed by atoms with Gasteiger partial charge in [0.2, 0.25) is 0 Å². The lowest BCUT2D eigenvalue weighted by Gasteiger charge is -2.24. The number of pyridine rings is 1. The van der Waals surface area contributed by atoms with Gasteiger partial charge in [0.1, 0.15) is 5.82 Å². The van der Waals surface area contributed by atoms with E-state index in [2.05, 4.69) is 37.5 Å². The van der Waals surface area contributed by atoms with Crippen LogP contribution in [0, 0.1) is 13.8 Å². The molecule has 1 aliphatic rings. The van der Waals surface area contributed by atoms with Crippen LogP contribution in [0.3, 0.4) is 0 Å². The van der Waals surface area contributed by atoms with Crippen molar-refractivity contribution in [2.75, 3.05) is 5.43 Å². The molecule has 0 spiro atoms. The summed E-state index contributed by atoms with van der Waals surface area (Å²) < 4.78 is 0. The van der Waals surface area contributed by atoms with Gasteiger partial charge in [0.25, 0.3) is 0 Å². The maximum Gasteiger partial charge on any atom is 0.144 e. The van der Waals surface area contributed by atoms with E-state index in [9.17, 15) is 0 Å². The predicted octanol–water partition coefficient (Wildman–Crippen LogP) is 4.18. The minimum atomic E-state index is 0.605. The standard InChI is InChI=1S/C17H23N3/c1-11-8-14-10-15(13-6-4-3-5-7-13)17(20-18)19-16(14)9-12(11)2/h8-10,13H,3-7,18H2,1-2H3,(H,19,20). The fraction of sp³-hybridized carbons (Fsp3) is 0.471. The molecular formula is C17H23N3. The van der Waals surface area contributed by atoms with Crippen molar-refractivity contribution in [1.29, 1.82) is 0 Å². The summed E-state index contributed by atoms with van der Waals surface area (Å²) in [6.45, 7) is 4.28. The van der Waals surface area contributed by atoms with E-state index in [-0.39, 0.29) is 0 Å². The number of nitrogens with one attached hydrogen (secondary N) is 1. The van der Waals surface area contributed by atoms with Crippen LogP contribution in [-0.2, 0) is 0 Å². The molecule has 3 N–H and O–H groups in total. The molecule has 3 rings (SSSR count). The summed E-state index contributed by atoms with van der Waals surface area (Å²) in [5, 5.41) is 1.23. The van der Waals surface area contributed by atoms with Gasteiger partial charge < -0.3 is 5.43 Å². The van der Waals surface area contributed by atoms with Crippen LogP contribution in [0.25, 0.3) is 10.9 Å². The summed E-state index contributed by atoms with van der Waals surface area (Å²) in [6, 6.07) is 6.68. The maximum atomic E-state index is 5.70. The van der Waals surface area contributed by atoms with Gasteiger partial charge >= 0.3 is 0 Å². The molecule has 3 nitrogen and oxygen atoms in total. The van der Waals surface area contributed by atoms with Gasteiger partial charge in [-0.2, -0.15) is 0 Å². The first-order valence-electron chi connectivity index (χ1n) is 7.57. The second kappa shape index (κ2) is 5.41. The zero-order valence-electron chi connectivity index (χ0n) is 12.4. The minimum Gasteiger partial charge on any atom is -0.308 e. The number of nitrogens with two attached hydrogens (primary N) is 1. The Bertz CT molecular complexity index is 628. The molecule has 106 valence electrons. The highest BCUT2D eigenvalue weighted by Gasteiger charge is 2.20. The molecule has 1 saturated carbocycles. The van der Waals surface area contributed by atoms with Crippen molar-refractivity contribution in [2.45, 2.75) is 51.9 Å². The Labute approximate surface area is 120 Å². The van der Waals surface area contributed by atoms with Crippen LogP contribution in [0.15, 0.2) is 18.2 Å². The van der Waals surface area contributed by atoms with Crippen LogP contribution < -0.4 is 11.3 Å². The molecule has 0 bridgehead atoms. The first-order valence-corrected chi connectivity index (χ1v) is 7.57. The number of aromatic nitrogens is 1. The number of nitrogens with zero attached hydrogens (tertiary/aromatic N) is 1. The number of aryl methyl sites for hydroxylation is 2. The summed E-state index contributed by atoms with van der Waals surface area (Å²) in [6.07, 6.45) is 6.51. The molecule has 2 aromatic rings. The molecule has 0 atom stereocenters. The zero-order valence-corrected chi connectivity index (χ0v) is 12.4. The molecule has 0 aliphatic heterocycles. The Morgan fingerprint density at radius 1 is 1.05 bits per heavy atom. The number of fused-ring (bicyclic) bond motifs is 1. The predicted molar refractivity (Wildman–Crippen MR) is 84.9 cm³/mol. The van der Waals surface area contributed by atoms with E-state index < -0.39 is 0 Å². The number of rotatable bonds is 2. The summed E-state index contributed by atoms with van der Waals surface area (Å²) in [5.41, 5.74) is 7.73. The largest absolute Gasteiger partial charge is 0.308 e. The summed E-state index contributed by atoms with van der Waals surface area (Å²) >= 11 is 0. The van der Waals surface area contributed by atoms with E-state index in [1.165, 1.54) is 54.2 Å². The molecule has 0 amide bonds. The Morgan fingerprint density at radius 2 is 1.75 bits per heavy atom. The van der Waals surface area contributed by atoms with Gasteiger partial charge in [-0.25, -0.2) is 10.8 Å². The Balaban J connectivity index is 2.12. The Kier molecular flexibility index (Phi) is 3.62. The molecule has 3 heteroatoms. The van der Waals surface area contributed by atoms with Gasteiger partial charge in [-0.05, 0) is 67.5 Å². The zero-order chi connectivity index (χ0) is 14.1. The number of hydrazine groups is 1. The minimum absolute atomic E-state index is 0.605. The molecule has 0 radical (unpaired) electrons. The van der Waals surface area contributed by atoms with Crippen molar-refractivity contribution in [2.24, 2.45) is 5.84 Å². The third kappa shape index (κ3) is 2.38. The number of anilines is 1. The second-order valence-corrected chi connectivity index (χ2v) is 6.03. The highest BCUT2D eigenvalue weighted by atomic mass is 15.2. The molecule has 1 heterocycles. The number of nitrogen functional groups attached to an aromatic ring is 1. The van der Waals surface area contributed by atoms with Gasteiger partial charge in [0.15, 0.2) is 0 Å². The van der Waals surface area contributed by atoms with Crippen molar-refractivity contribution in [1.82, 2.24) is 4.98 Å². The fourth-order valence-corrected chi connectivity index (χ4v) is 3.30. The summed E-state index contributed by atoms with van der Waals surface area (Å²) in [5.74, 6) is 7.16. The normalized spacial score (nSPS) is 16.6. The molecule has 20 heavy (non-hydrogen) atoms. The van der Waals surface area contributed by atoms with E-state index in [4.69, 9.17) is 10.8 Å². The molecule has 0 unspecified atom stereocenters. The van der Waals surface area contributed by atoms with E-state index in [0.29, 0.717) is 5.92 Å². The monoisotopic (exact) mass is 269 g/mol. The number of hydrogen-bond acceptors (Lipinski definition) is 3. The highest BCUT2D eigenvalue weighted by molar-refractivity contribution is 5.83. The van der Waals surface area contributed by atoms with Crippen LogP contribution in [0.5, 0.6) is 0 Å². The first-order chi connectivity index (χ1) is 9.69. The fourth-order valence-electron chi connectivity index (χ4n) is 3.30. The third-order valence-electron chi connectivity index (χ3n) is 4.64. The SMILES string of the molecule is Cc1cc2cc(C3CCCCC3)c(NN)nc2cc1C. The van der Waals surface area contributed by atoms with Gasteiger partial charge in [-0.1, -0.05) is 19.3 Å². The van der Waals surface area contributed by atoms with E-state index in [1.54, 1.807) is 0 Å². The van der Waals surface area contributed by atoms with Crippen LogP contribution in [0.4, 0.5) is 5.82 Å². The summed E-state index contributed by atoms with van der Waals surface area (Å²) in [4.78, 5) is 4.73. The number of hydrogen-bond donors (Lipinski definition) is 2. The second-order valence-electron chi connectivity index (χ2n) is 6.03. The average Bonchev–Trinajstić information content (AvgIpc) is 2.48. The van der Waals surface area contributed by atoms with Crippen LogP contribution in [0.2, 0.25) is 0 Å².